The number of carbonyl (C=O) groups is 1. The lowest BCUT2D eigenvalue weighted by atomic mass is 10.1. The lowest BCUT2D eigenvalue weighted by Gasteiger charge is -2.09. The van der Waals surface area contributed by atoms with Crippen LogP contribution in [0.2, 0.25) is 0 Å². The van der Waals surface area contributed by atoms with Gasteiger partial charge in [0.25, 0.3) is 0 Å². The first-order valence-corrected chi connectivity index (χ1v) is 6.10. The second kappa shape index (κ2) is 6.16. The van der Waals surface area contributed by atoms with Gasteiger partial charge >= 0.3 is 0 Å². The zero-order valence-electron chi connectivity index (χ0n) is 10.8. The average molecular weight is 274 g/mol. The smallest absolute Gasteiger partial charge is 0.248 e. The number of hydrogen-bond donors (Lipinski definition) is 2. The van der Waals surface area contributed by atoms with E-state index in [1.807, 2.05) is 12.1 Å². The predicted octanol–water partition coefficient (Wildman–Crippen LogP) is 1.96. The summed E-state index contributed by atoms with van der Waals surface area (Å²) < 4.78 is 19.3. The normalized spacial score (nSPS) is 10.3. The first-order valence-electron chi connectivity index (χ1n) is 6.10. The van der Waals surface area contributed by atoms with Gasteiger partial charge in [-0.05, 0) is 29.8 Å². The van der Waals surface area contributed by atoms with E-state index in [2.05, 4.69) is 0 Å². The molecule has 1 amide bonds. The molecule has 0 saturated heterocycles. The molecule has 2 rings (SSSR count). The standard InChI is InChI=1S/C15H15FN2O2/c16-14-7-11(15(18)19)4-5-12(14)9-20-13-3-1-2-10(6-13)8-17/h1-7H,8-9,17H2,(H2,18,19). The highest BCUT2D eigenvalue weighted by Crippen LogP contribution is 2.17. The van der Waals surface area contributed by atoms with E-state index in [4.69, 9.17) is 16.2 Å². The number of primary amides is 1. The molecule has 5 heteroatoms. The van der Waals surface area contributed by atoms with Crippen molar-refractivity contribution < 1.29 is 13.9 Å². The number of carbonyl (C=O) groups excluding carboxylic acids is 1. The highest BCUT2D eigenvalue weighted by Gasteiger charge is 2.07. The van der Waals surface area contributed by atoms with E-state index >= 15 is 0 Å². The van der Waals surface area contributed by atoms with Crippen LogP contribution < -0.4 is 16.2 Å². The Balaban J connectivity index is 2.08. The van der Waals surface area contributed by atoms with Crippen molar-refractivity contribution in [3.05, 3.63) is 65.0 Å². The molecule has 0 aliphatic heterocycles. The van der Waals surface area contributed by atoms with Gasteiger partial charge in [-0.25, -0.2) is 4.39 Å². The van der Waals surface area contributed by atoms with Crippen molar-refractivity contribution in [3.8, 4) is 5.75 Å². The van der Waals surface area contributed by atoms with Gasteiger partial charge in [-0.3, -0.25) is 4.79 Å². The molecule has 0 heterocycles. The second-order valence-electron chi connectivity index (χ2n) is 4.31. The second-order valence-corrected chi connectivity index (χ2v) is 4.31. The van der Waals surface area contributed by atoms with Gasteiger partial charge in [0.15, 0.2) is 0 Å². The minimum Gasteiger partial charge on any atom is -0.489 e. The Morgan fingerprint density at radius 3 is 2.65 bits per heavy atom. The zero-order chi connectivity index (χ0) is 14.5. The van der Waals surface area contributed by atoms with Crippen LogP contribution in [-0.4, -0.2) is 5.91 Å². The molecular formula is C15H15FN2O2. The average Bonchev–Trinajstić information content (AvgIpc) is 2.46. The fourth-order valence-corrected chi connectivity index (χ4v) is 1.74. The molecular weight excluding hydrogens is 259 g/mol. The largest absolute Gasteiger partial charge is 0.489 e. The molecule has 4 nitrogen and oxygen atoms in total. The summed E-state index contributed by atoms with van der Waals surface area (Å²) in [5, 5.41) is 0. The minimum absolute atomic E-state index is 0.0684. The van der Waals surface area contributed by atoms with Crippen molar-refractivity contribution in [2.24, 2.45) is 11.5 Å². The van der Waals surface area contributed by atoms with Gasteiger partial charge in [0.05, 0.1) is 0 Å². The number of ether oxygens (including phenoxy) is 1. The summed E-state index contributed by atoms with van der Waals surface area (Å²) in [6, 6.07) is 11.4. The summed E-state index contributed by atoms with van der Waals surface area (Å²) in [5.74, 6) is -0.561. The summed E-state index contributed by atoms with van der Waals surface area (Å²) in [6.07, 6.45) is 0. The van der Waals surface area contributed by atoms with Crippen LogP contribution in [0.25, 0.3) is 0 Å². The molecule has 20 heavy (non-hydrogen) atoms. The SMILES string of the molecule is NCc1cccc(OCc2ccc(C(N)=O)cc2F)c1. The number of halogens is 1. The monoisotopic (exact) mass is 274 g/mol. The Kier molecular flexibility index (Phi) is 4.32. The zero-order valence-corrected chi connectivity index (χ0v) is 10.8. The molecule has 104 valence electrons. The molecule has 0 bridgehead atoms. The van der Waals surface area contributed by atoms with Crippen LogP contribution in [0.15, 0.2) is 42.5 Å². The van der Waals surface area contributed by atoms with E-state index in [0.717, 1.165) is 11.6 Å². The first-order chi connectivity index (χ1) is 9.60. The van der Waals surface area contributed by atoms with Crippen LogP contribution >= 0.6 is 0 Å². The highest BCUT2D eigenvalue weighted by atomic mass is 19.1. The van der Waals surface area contributed by atoms with Crippen LogP contribution in [0.4, 0.5) is 4.39 Å². The lowest BCUT2D eigenvalue weighted by Crippen LogP contribution is -2.11. The predicted molar refractivity (Wildman–Crippen MR) is 73.6 cm³/mol. The van der Waals surface area contributed by atoms with Crippen molar-refractivity contribution in [1.29, 1.82) is 0 Å². The summed E-state index contributed by atoms with van der Waals surface area (Å²) >= 11 is 0. The van der Waals surface area contributed by atoms with Gasteiger partial charge in [-0.2, -0.15) is 0 Å². The first kappa shape index (κ1) is 14.0. The Morgan fingerprint density at radius 2 is 2.00 bits per heavy atom. The topological polar surface area (TPSA) is 78.3 Å². The van der Waals surface area contributed by atoms with E-state index < -0.39 is 11.7 Å². The fourth-order valence-electron chi connectivity index (χ4n) is 1.74. The number of nitrogens with two attached hydrogens (primary N) is 2. The van der Waals surface area contributed by atoms with Gasteiger partial charge < -0.3 is 16.2 Å². The molecule has 0 unspecified atom stereocenters. The van der Waals surface area contributed by atoms with Gasteiger partial charge in [0.1, 0.15) is 18.2 Å². The van der Waals surface area contributed by atoms with Crippen LogP contribution in [0.1, 0.15) is 21.5 Å². The lowest BCUT2D eigenvalue weighted by molar-refractivity contribution is 0.0999. The van der Waals surface area contributed by atoms with Gasteiger partial charge in [-0.1, -0.05) is 18.2 Å². The van der Waals surface area contributed by atoms with E-state index in [1.165, 1.54) is 12.1 Å². The summed E-state index contributed by atoms with van der Waals surface area (Å²) in [6.45, 7) is 0.484. The van der Waals surface area contributed by atoms with Gasteiger partial charge in [0, 0.05) is 17.7 Å². The van der Waals surface area contributed by atoms with E-state index in [1.54, 1.807) is 12.1 Å². The molecule has 2 aromatic carbocycles. The Labute approximate surface area is 116 Å². The number of amides is 1. The van der Waals surface area contributed by atoms with E-state index in [9.17, 15) is 9.18 Å². The Hall–Kier alpha value is -2.40. The number of rotatable bonds is 5. The molecule has 0 fully saturated rings. The van der Waals surface area contributed by atoms with Gasteiger partial charge in [0.2, 0.25) is 5.91 Å². The van der Waals surface area contributed by atoms with Crippen molar-refractivity contribution in [1.82, 2.24) is 0 Å². The number of hydrogen-bond acceptors (Lipinski definition) is 3. The summed E-state index contributed by atoms with van der Waals surface area (Å²) in [7, 11) is 0. The molecule has 0 aliphatic carbocycles. The van der Waals surface area contributed by atoms with Crippen LogP contribution in [0, 0.1) is 5.82 Å². The maximum atomic E-state index is 13.8. The molecule has 0 aromatic heterocycles. The highest BCUT2D eigenvalue weighted by molar-refractivity contribution is 5.92. The van der Waals surface area contributed by atoms with Crippen LogP contribution in [-0.2, 0) is 13.2 Å². The van der Waals surface area contributed by atoms with Crippen LogP contribution in [0.3, 0.4) is 0 Å². The fraction of sp³-hybridized carbons (Fsp3) is 0.133. The van der Waals surface area contributed by atoms with Crippen LogP contribution in [0.5, 0.6) is 5.75 Å². The quantitative estimate of drug-likeness (QED) is 0.874. The van der Waals surface area contributed by atoms with Crippen molar-refractivity contribution in [2.75, 3.05) is 0 Å². The summed E-state index contributed by atoms with van der Waals surface area (Å²) in [5.41, 5.74) is 12.0. The number of benzene rings is 2. The third kappa shape index (κ3) is 3.33. The molecule has 0 spiro atoms. The molecule has 4 N–H and O–H groups in total. The molecule has 0 radical (unpaired) electrons. The Morgan fingerprint density at radius 1 is 1.20 bits per heavy atom. The third-order valence-electron chi connectivity index (χ3n) is 2.87. The molecule has 0 atom stereocenters. The maximum absolute atomic E-state index is 13.8. The minimum atomic E-state index is -0.660. The maximum Gasteiger partial charge on any atom is 0.248 e. The molecule has 0 saturated carbocycles. The van der Waals surface area contributed by atoms with Crippen molar-refractivity contribution in [3.63, 3.8) is 0 Å². The van der Waals surface area contributed by atoms with Gasteiger partial charge in [-0.15, -0.1) is 0 Å². The third-order valence-corrected chi connectivity index (χ3v) is 2.87. The van der Waals surface area contributed by atoms with E-state index in [0.29, 0.717) is 17.9 Å². The van der Waals surface area contributed by atoms with E-state index in [-0.39, 0.29) is 12.2 Å². The molecule has 2 aromatic rings. The molecule has 0 aliphatic rings. The van der Waals surface area contributed by atoms with Crippen molar-refractivity contribution in [2.45, 2.75) is 13.2 Å². The Bertz CT molecular complexity index is 629. The summed E-state index contributed by atoms with van der Waals surface area (Å²) in [4.78, 5) is 10.9. The van der Waals surface area contributed by atoms with Crippen molar-refractivity contribution >= 4 is 5.91 Å².